The van der Waals surface area contributed by atoms with Gasteiger partial charge >= 0.3 is 0 Å². The Hall–Kier alpha value is -7.52. The number of anilines is 3. The second-order valence-electron chi connectivity index (χ2n) is 16.0. The van der Waals surface area contributed by atoms with Gasteiger partial charge in [0.05, 0.1) is 16.8 Å². The number of rotatable bonds is 7. The lowest BCUT2D eigenvalue weighted by Gasteiger charge is -2.34. The molecule has 0 fully saturated rings. The van der Waals surface area contributed by atoms with E-state index >= 15 is 0 Å². The largest absolute Gasteiger partial charge is 0.309 e. The van der Waals surface area contributed by atoms with Gasteiger partial charge in [-0.05, 0) is 86.1 Å². The fraction of sp³-hybridized carbons (Fsp3) is 0.0169. The predicted molar refractivity (Wildman–Crippen MR) is 260 cm³/mol. The maximum atomic E-state index is 2.52. The van der Waals surface area contributed by atoms with E-state index in [2.05, 4.69) is 241 Å². The van der Waals surface area contributed by atoms with E-state index in [1.807, 2.05) is 11.3 Å². The predicted octanol–water partition coefficient (Wildman–Crippen LogP) is 16.4. The summed E-state index contributed by atoms with van der Waals surface area (Å²) in [6, 6.07) is 87.4. The molecular formula is C59H39NS. The third-order valence-electron chi connectivity index (χ3n) is 12.7. The number of hydrogen-bond donors (Lipinski definition) is 0. The first kappa shape index (κ1) is 35.4. The molecule has 0 aliphatic heterocycles. The van der Waals surface area contributed by atoms with Crippen molar-refractivity contribution in [1.82, 2.24) is 0 Å². The standard InChI is InChI=1S/C59H39NS/c1-3-19-44(20-4-1)59(45-21-5-2-6-22-45)52-28-12-9-25-51(52)57-53(59)29-16-31-55(57)60(46-37-35-41(36-38-46)43-34-33-40-17-7-8-18-42(40)39-43)54-30-13-10-23-47(54)49-26-15-27-50-48-24-11-14-32-56(48)61-58(49)50/h1-39H. The Kier molecular flexibility index (Phi) is 8.33. The van der Waals surface area contributed by atoms with E-state index < -0.39 is 5.41 Å². The van der Waals surface area contributed by atoms with Crippen molar-refractivity contribution >= 4 is 59.3 Å². The molecule has 61 heavy (non-hydrogen) atoms. The van der Waals surface area contributed by atoms with Gasteiger partial charge in [-0.1, -0.05) is 200 Å². The van der Waals surface area contributed by atoms with Crippen molar-refractivity contribution in [3.63, 3.8) is 0 Å². The minimum Gasteiger partial charge on any atom is -0.309 e. The molecule has 2 heteroatoms. The molecule has 0 N–H and O–H groups in total. The second kappa shape index (κ2) is 14.3. The van der Waals surface area contributed by atoms with Gasteiger partial charge in [-0.15, -0.1) is 11.3 Å². The van der Waals surface area contributed by atoms with Crippen LogP contribution in [0.2, 0.25) is 0 Å². The summed E-state index contributed by atoms with van der Waals surface area (Å²) in [5, 5.41) is 5.09. The highest BCUT2D eigenvalue weighted by atomic mass is 32.1. The first-order chi connectivity index (χ1) is 30.3. The van der Waals surface area contributed by atoms with Crippen molar-refractivity contribution in [2.75, 3.05) is 4.90 Å². The third kappa shape index (κ3) is 5.53. The van der Waals surface area contributed by atoms with Gasteiger partial charge in [0.25, 0.3) is 0 Å². The van der Waals surface area contributed by atoms with Crippen molar-refractivity contribution in [1.29, 1.82) is 0 Å². The summed E-state index contributed by atoms with van der Waals surface area (Å²) >= 11 is 1.88. The maximum Gasteiger partial charge on any atom is 0.0714 e. The van der Waals surface area contributed by atoms with Gasteiger partial charge in [-0.3, -0.25) is 0 Å². The van der Waals surface area contributed by atoms with Crippen LogP contribution in [-0.2, 0) is 5.41 Å². The molecule has 1 aliphatic rings. The number of para-hydroxylation sites is 1. The average molecular weight is 794 g/mol. The fourth-order valence-corrected chi connectivity index (χ4v) is 11.3. The molecule has 0 unspecified atom stereocenters. The van der Waals surface area contributed by atoms with Crippen molar-refractivity contribution in [2.45, 2.75) is 5.41 Å². The highest BCUT2D eigenvalue weighted by Gasteiger charge is 2.47. The molecule has 0 spiro atoms. The molecule has 12 rings (SSSR count). The number of benzene rings is 10. The molecule has 1 nitrogen and oxygen atoms in total. The molecule has 286 valence electrons. The van der Waals surface area contributed by atoms with Crippen molar-refractivity contribution in [2.24, 2.45) is 0 Å². The molecule has 0 bridgehead atoms. The van der Waals surface area contributed by atoms with Crippen LogP contribution in [0.4, 0.5) is 17.1 Å². The minimum absolute atomic E-state index is 0.516. The van der Waals surface area contributed by atoms with Crippen molar-refractivity contribution in [3.8, 4) is 33.4 Å². The van der Waals surface area contributed by atoms with Crippen LogP contribution in [0.1, 0.15) is 22.3 Å². The molecule has 1 heterocycles. The van der Waals surface area contributed by atoms with E-state index in [9.17, 15) is 0 Å². The highest BCUT2D eigenvalue weighted by Crippen LogP contribution is 2.60. The topological polar surface area (TPSA) is 3.24 Å². The SMILES string of the molecule is c1ccc(C2(c3ccccc3)c3ccccc3-c3c(N(c4ccc(-c5ccc6ccccc6c5)cc4)c4ccccc4-c4cccc5c4sc4ccccc45)cccc32)cc1. The zero-order chi connectivity index (χ0) is 40.3. The lowest BCUT2D eigenvalue weighted by atomic mass is 9.68. The van der Waals surface area contributed by atoms with Gasteiger partial charge in [0.15, 0.2) is 0 Å². The van der Waals surface area contributed by atoms with Crippen LogP contribution >= 0.6 is 11.3 Å². The van der Waals surface area contributed by atoms with Crippen LogP contribution in [-0.4, -0.2) is 0 Å². The molecule has 10 aromatic carbocycles. The number of thiophene rings is 1. The van der Waals surface area contributed by atoms with E-state index in [1.54, 1.807) is 0 Å². The summed E-state index contributed by atoms with van der Waals surface area (Å²) in [5.41, 5.74) is 15.3. The fourth-order valence-electron chi connectivity index (χ4n) is 10.1. The monoisotopic (exact) mass is 793 g/mol. The molecule has 1 aliphatic carbocycles. The van der Waals surface area contributed by atoms with Gasteiger partial charge in [-0.2, -0.15) is 0 Å². The average Bonchev–Trinajstić information content (AvgIpc) is 3.87. The number of hydrogen-bond acceptors (Lipinski definition) is 2. The molecule has 0 atom stereocenters. The van der Waals surface area contributed by atoms with E-state index in [1.165, 1.54) is 86.6 Å². The van der Waals surface area contributed by atoms with Gasteiger partial charge in [0, 0.05) is 42.6 Å². The lowest BCUT2D eigenvalue weighted by molar-refractivity contribution is 0.768. The summed E-state index contributed by atoms with van der Waals surface area (Å²) in [6.07, 6.45) is 0. The summed E-state index contributed by atoms with van der Waals surface area (Å²) < 4.78 is 2.61. The Labute approximate surface area is 360 Å². The quantitative estimate of drug-likeness (QED) is 0.155. The summed E-state index contributed by atoms with van der Waals surface area (Å²) in [5.74, 6) is 0. The summed E-state index contributed by atoms with van der Waals surface area (Å²) in [6.45, 7) is 0. The molecule has 0 amide bonds. The van der Waals surface area contributed by atoms with Crippen molar-refractivity contribution in [3.05, 3.63) is 259 Å². The lowest BCUT2D eigenvalue weighted by Crippen LogP contribution is -2.28. The van der Waals surface area contributed by atoms with Gasteiger partial charge < -0.3 is 4.90 Å². The van der Waals surface area contributed by atoms with Crippen molar-refractivity contribution < 1.29 is 0 Å². The van der Waals surface area contributed by atoms with Gasteiger partial charge in [-0.25, -0.2) is 0 Å². The maximum absolute atomic E-state index is 2.52. The smallest absolute Gasteiger partial charge is 0.0714 e. The minimum atomic E-state index is -0.516. The number of fused-ring (bicyclic) bond motifs is 7. The van der Waals surface area contributed by atoms with Crippen LogP contribution in [0.15, 0.2) is 237 Å². The molecule has 0 saturated carbocycles. The zero-order valence-electron chi connectivity index (χ0n) is 33.4. The van der Waals surface area contributed by atoms with Crippen LogP contribution in [0.3, 0.4) is 0 Å². The molecule has 11 aromatic rings. The molecular weight excluding hydrogens is 755 g/mol. The van der Waals surface area contributed by atoms with Crippen LogP contribution in [0.25, 0.3) is 64.3 Å². The number of nitrogens with zero attached hydrogens (tertiary/aromatic N) is 1. The van der Waals surface area contributed by atoms with Gasteiger partial charge in [0.2, 0.25) is 0 Å². The Bertz CT molecular complexity index is 3380. The van der Waals surface area contributed by atoms with Gasteiger partial charge in [0.1, 0.15) is 0 Å². The van der Waals surface area contributed by atoms with Crippen LogP contribution in [0.5, 0.6) is 0 Å². The molecule has 0 radical (unpaired) electrons. The highest BCUT2D eigenvalue weighted by molar-refractivity contribution is 7.26. The van der Waals surface area contributed by atoms with Crippen LogP contribution in [0, 0.1) is 0 Å². The first-order valence-corrected chi connectivity index (χ1v) is 21.8. The molecule has 0 saturated heterocycles. The first-order valence-electron chi connectivity index (χ1n) is 21.0. The Morgan fingerprint density at radius 2 is 0.934 bits per heavy atom. The van der Waals surface area contributed by atoms with E-state index in [0.29, 0.717) is 0 Å². The Balaban J connectivity index is 1.13. The van der Waals surface area contributed by atoms with E-state index in [-0.39, 0.29) is 0 Å². The third-order valence-corrected chi connectivity index (χ3v) is 14.0. The summed E-state index contributed by atoms with van der Waals surface area (Å²) in [4.78, 5) is 2.52. The summed E-state index contributed by atoms with van der Waals surface area (Å²) in [7, 11) is 0. The molecule has 1 aromatic heterocycles. The van der Waals surface area contributed by atoms with Crippen LogP contribution < -0.4 is 4.90 Å². The zero-order valence-corrected chi connectivity index (χ0v) is 34.2. The van der Waals surface area contributed by atoms with E-state index in [4.69, 9.17) is 0 Å². The second-order valence-corrected chi connectivity index (χ2v) is 17.0. The Morgan fingerprint density at radius 1 is 0.361 bits per heavy atom. The van der Waals surface area contributed by atoms with E-state index in [0.717, 1.165) is 17.1 Å². The normalized spacial score (nSPS) is 12.7. The Morgan fingerprint density at radius 3 is 1.74 bits per heavy atom.